The summed E-state index contributed by atoms with van der Waals surface area (Å²) in [5.41, 5.74) is 5.12. The fourth-order valence-corrected chi connectivity index (χ4v) is 5.41. The molecule has 30 heavy (non-hydrogen) atoms. The van der Waals surface area contributed by atoms with Crippen LogP contribution in [0.1, 0.15) is 36.0 Å². The Labute approximate surface area is 177 Å². The number of hydrogen-bond acceptors (Lipinski definition) is 3. The number of ether oxygens (including phenoxy) is 1. The Balaban J connectivity index is 1.27. The van der Waals surface area contributed by atoms with Gasteiger partial charge in [0.2, 0.25) is 0 Å². The summed E-state index contributed by atoms with van der Waals surface area (Å²) in [7, 11) is 2.22. The number of nitrogens with one attached hydrogen (secondary N) is 2. The highest BCUT2D eigenvalue weighted by Crippen LogP contribution is 2.44. The summed E-state index contributed by atoms with van der Waals surface area (Å²) in [6.07, 6.45) is 4.01. The Morgan fingerprint density at radius 2 is 2.07 bits per heavy atom. The van der Waals surface area contributed by atoms with Crippen LogP contribution in [0, 0.1) is 5.92 Å². The number of benzene rings is 2. The Bertz CT molecular complexity index is 1040. The van der Waals surface area contributed by atoms with Crippen molar-refractivity contribution in [1.29, 1.82) is 0 Å². The molecule has 3 aromatic rings. The molecule has 5 nitrogen and oxygen atoms in total. The van der Waals surface area contributed by atoms with Gasteiger partial charge in [0.1, 0.15) is 6.61 Å². The molecule has 4 atom stereocenters. The van der Waals surface area contributed by atoms with Crippen molar-refractivity contribution < 1.29 is 9.53 Å². The predicted octanol–water partition coefficient (Wildman–Crippen LogP) is 4.44. The largest absolute Gasteiger partial charge is 0.445 e. The van der Waals surface area contributed by atoms with Gasteiger partial charge >= 0.3 is 6.09 Å². The first-order chi connectivity index (χ1) is 14.6. The van der Waals surface area contributed by atoms with Crippen LogP contribution in [0.15, 0.2) is 54.7 Å². The molecule has 0 saturated carbocycles. The molecule has 1 saturated heterocycles. The highest BCUT2D eigenvalue weighted by atomic mass is 16.5. The van der Waals surface area contributed by atoms with E-state index in [0.717, 1.165) is 24.9 Å². The zero-order valence-electron chi connectivity index (χ0n) is 17.6. The van der Waals surface area contributed by atoms with E-state index < -0.39 is 0 Å². The number of hydrogen-bond donors (Lipinski definition) is 2. The first-order valence-electron chi connectivity index (χ1n) is 10.9. The molecule has 1 aromatic heterocycles. The summed E-state index contributed by atoms with van der Waals surface area (Å²) in [4.78, 5) is 18.3. The third kappa shape index (κ3) is 3.47. The second kappa shape index (κ2) is 7.80. The van der Waals surface area contributed by atoms with Crippen LogP contribution in [-0.4, -0.2) is 41.7 Å². The lowest BCUT2D eigenvalue weighted by Gasteiger charge is -2.47. The van der Waals surface area contributed by atoms with Gasteiger partial charge in [-0.15, -0.1) is 0 Å². The van der Waals surface area contributed by atoms with Gasteiger partial charge in [0.05, 0.1) is 0 Å². The number of likely N-dealkylation sites (N-methyl/N-ethyl adjacent to an activating group) is 1. The minimum atomic E-state index is -0.338. The summed E-state index contributed by atoms with van der Waals surface area (Å²) >= 11 is 0. The molecule has 5 rings (SSSR count). The van der Waals surface area contributed by atoms with E-state index in [1.54, 1.807) is 0 Å². The molecular weight excluding hydrogens is 374 g/mol. The molecule has 1 aliphatic carbocycles. The molecular formula is C25H29N3O2. The minimum absolute atomic E-state index is 0.0588. The van der Waals surface area contributed by atoms with E-state index in [4.69, 9.17) is 4.74 Å². The summed E-state index contributed by atoms with van der Waals surface area (Å²) < 4.78 is 5.44. The van der Waals surface area contributed by atoms with Crippen LogP contribution >= 0.6 is 0 Å². The Morgan fingerprint density at radius 1 is 1.23 bits per heavy atom. The van der Waals surface area contributed by atoms with Crippen molar-refractivity contribution in [3.05, 3.63) is 71.4 Å². The van der Waals surface area contributed by atoms with Gasteiger partial charge in [-0.05, 0) is 55.5 Å². The molecule has 2 aliphatic rings. The second-order valence-electron chi connectivity index (χ2n) is 8.89. The van der Waals surface area contributed by atoms with Gasteiger partial charge in [0, 0.05) is 41.6 Å². The van der Waals surface area contributed by atoms with Crippen molar-refractivity contribution in [1.82, 2.24) is 15.2 Å². The summed E-state index contributed by atoms with van der Waals surface area (Å²) in [6.45, 7) is 3.39. The highest BCUT2D eigenvalue weighted by molar-refractivity contribution is 5.88. The molecule has 2 aromatic carbocycles. The molecule has 156 valence electrons. The number of piperidine rings is 1. The van der Waals surface area contributed by atoms with Crippen molar-refractivity contribution >= 4 is 17.0 Å². The first-order valence-corrected chi connectivity index (χ1v) is 10.9. The smallest absolute Gasteiger partial charge is 0.407 e. The van der Waals surface area contributed by atoms with Crippen LogP contribution in [0.25, 0.3) is 10.9 Å². The third-order valence-corrected chi connectivity index (χ3v) is 7.02. The first kappa shape index (κ1) is 19.2. The monoisotopic (exact) mass is 403 g/mol. The van der Waals surface area contributed by atoms with E-state index >= 15 is 0 Å². The fraction of sp³-hybridized carbons (Fsp3) is 0.400. The van der Waals surface area contributed by atoms with E-state index in [1.807, 2.05) is 30.3 Å². The van der Waals surface area contributed by atoms with E-state index in [0.29, 0.717) is 24.5 Å². The number of aromatic nitrogens is 1. The number of carbonyl (C=O) groups excluding carboxylic acids is 1. The topological polar surface area (TPSA) is 57.4 Å². The zero-order chi connectivity index (χ0) is 20.7. The van der Waals surface area contributed by atoms with Gasteiger partial charge in [0.15, 0.2) is 0 Å². The van der Waals surface area contributed by atoms with Gasteiger partial charge in [-0.3, -0.25) is 0 Å². The van der Waals surface area contributed by atoms with Crippen LogP contribution in [0.4, 0.5) is 4.79 Å². The van der Waals surface area contributed by atoms with Crippen LogP contribution < -0.4 is 5.32 Å². The SMILES string of the molecule is CC(NC(=O)OCc1ccccc1)[C@@H]1C[C@@H]2c3cccc4[nH]cc(c34)C[C@H]2N(C)C1. The van der Waals surface area contributed by atoms with Crippen LogP contribution in [-0.2, 0) is 17.8 Å². The van der Waals surface area contributed by atoms with Crippen LogP contribution in [0.3, 0.4) is 0 Å². The van der Waals surface area contributed by atoms with E-state index in [1.165, 1.54) is 22.0 Å². The molecule has 2 N–H and O–H groups in total. The standard InChI is InChI=1S/C25H29N3O2/c1-16(27-25(29)30-15-17-7-4-3-5-8-17)19-11-21-20-9-6-10-22-24(20)18(13-26-22)12-23(21)28(2)14-19/h3-10,13,16,19,21,23,26H,11-12,14-15H2,1-2H3,(H,27,29)/t16?,19-,21-,23-/m1/s1. The number of likely N-dealkylation sites (tertiary alicyclic amines) is 1. The average Bonchev–Trinajstić information content (AvgIpc) is 3.18. The average molecular weight is 404 g/mol. The predicted molar refractivity (Wildman–Crippen MR) is 118 cm³/mol. The fourth-order valence-electron chi connectivity index (χ4n) is 5.41. The number of carbonyl (C=O) groups is 1. The van der Waals surface area contributed by atoms with Crippen molar-refractivity contribution in [2.24, 2.45) is 5.92 Å². The quantitative estimate of drug-likeness (QED) is 0.677. The van der Waals surface area contributed by atoms with Gasteiger partial charge < -0.3 is 19.9 Å². The number of nitrogens with zero attached hydrogens (tertiary/aromatic N) is 1. The second-order valence-corrected chi connectivity index (χ2v) is 8.89. The minimum Gasteiger partial charge on any atom is -0.445 e. The molecule has 1 aliphatic heterocycles. The lowest BCUT2D eigenvalue weighted by molar-refractivity contribution is 0.0880. The lowest BCUT2D eigenvalue weighted by Crippen LogP contribution is -2.52. The zero-order valence-corrected chi connectivity index (χ0v) is 17.6. The third-order valence-electron chi connectivity index (χ3n) is 7.02. The summed E-state index contributed by atoms with van der Waals surface area (Å²) in [5.74, 6) is 0.876. The number of aromatic amines is 1. The van der Waals surface area contributed by atoms with Crippen molar-refractivity contribution in [2.45, 2.75) is 44.4 Å². The molecule has 0 spiro atoms. The van der Waals surface area contributed by atoms with Crippen LogP contribution in [0.2, 0.25) is 0 Å². The Kier molecular flexibility index (Phi) is 4.99. The molecule has 0 radical (unpaired) electrons. The number of alkyl carbamates (subject to hydrolysis) is 1. The summed E-state index contributed by atoms with van der Waals surface area (Å²) in [6, 6.07) is 17.0. The lowest BCUT2D eigenvalue weighted by atomic mass is 9.71. The van der Waals surface area contributed by atoms with Crippen molar-refractivity contribution in [3.8, 4) is 0 Å². The maximum atomic E-state index is 12.4. The summed E-state index contributed by atoms with van der Waals surface area (Å²) in [5, 5.41) is 4.49. The molecule has 0 bridgehead atoms. The number of rotatable bonds is 4. The van der Waals surface area contributed by atoms with Gasteiger partial charge in [0.25, 0.3) is 0 Å². The Hall–Kier alpha value is -2.79. The molecule has 5 heteroatoms. The van der Waals surface area contributed by atoms with Gasteiger partial charge in [-0.2, -0.15) is 0 Å². The van der Waals surface area contributed by atoms with Crippen molar-refractivity contribution in [3.63, 3.8) is 0 Å². The van der Waals surface area contributed by atoms with Gasteiger partial charge in [-0.25, -0.2) is 4.79 Å². The highest BCUT2D eigenvalue weighted by Gasteiger charge is 2.41. The van der Waals surface area contributed by atoms with Crippen LogP contribution in [0.5, 0.6) is 0 Å². The van der Waals surface area contributed by atoms with E-state index in [-0.39, 0.29) is 12.1 Å². The molecule has 2 heterocycles. The van der Waals surface area contributed by atoms with Crippen molar-refractivity contribution in [2.75, 3.05) is 13.6 Å². The van der Waals surface area contributed by atoms with Gasteiger partial charge in [-0.1, -0.05) is 42.5 Å². The molecule has 1 unspecified atom stereocenters. The Morgan fingerprint density at radius 3 is 2.90 bits per heavy atom. The number of fused-ring (bicyclic) bond motifs is 2. The molecule has 1 amide bonds. The van der Waals surface area contributed by atoms with E-state index in [2.05, 4.69) is 53.6 Å². The van der Waals surface area contributed by atoms with E-state index in [9.17, 15) is 4.79 Å². The number of H-pyrrole nitrogens is 1. The normalized spacial score (nSPS) is 24.3. The molecule has 1 fully saturated rings. The maximum absolute atomic E-state index is 12.4. The number of amides is 1. The maximum Gasteiger partial charge on any atom is 0.407 e.